The number of ether oxygens (including phenoxy) is 1. The zero-order valence-corrected chi connectivity index (χ0v) is 17.0. The minimum Gasteiger partial charge on any atom is -0.479 e. The van der Waals surface area contributed by atoms with Gasteiger partial charge in [-0.15, -0.1) is 0 Å². The summed E-state index contributed by atoms with van der Waals surface area (Å²) in [6.07, 6.45) is -0.753. The first kappa shape index (κ1) is 21.8. The van der Waals surface area contributed by atoms with Gasteiger partial charge in [-0.25, -0.2) is 4.79 Å². The Bertz CT molecular complexity index is 1140. The second-order valence-electron chi connectivity index (χ2n) is 6.74. The molecular weight excluding hydrogens is 420 g/mol. The Labute approximate surface area is 183 Å². The van der Waals surface area contributed by atoms with Crippen LogP contribution in [0.2, 0.25) is 5.02 Å². The fourth-order valence-corrected chi connectivity index (χ4v) is 3.15. The normalized spacial score (nSPS) is 11.4. The monoisotopic (exact) mass is 436 g/mol. The molecule has 0 aromatic heterocycles. The van der Waals surface area contributed by atoms with Gasteiger partial charge in [0.2, 0.25) is 0 Å². The summed E-state index contributed by atoms with van der Waals surface area (Å²) in [4.78, 5) is 22.2. The van der Waals surface area contributed by atoms with E-state index in [1.54, 1.807) is 0 Å². The van der Waals surface area contributed by atoms with Crippen LogP contribution in [0.5, 0.6) is 5.75 Å². The van der Waals surface area contributed by atoms with Crippen LogP contribution in [0.1, 0.15) is 17.5 Å². The number of benzene rings is 3. The number of nitro groups is 1. The minimum atomic E-state index is -1.28. The predicted octanol–water partition coefficient (Wildman–Crippen LogP) is 5.25. The lowest BCUT2D eigenvalue weighted by Gasteiger charge is -2.15. The number of rotatable bonds is 8. The molecule has 0 spiro atoms. The number of aryl methyl sites for hydroxylation is 1. The van der Waals surface area contributed by atoms with E-state index in [1.807, 2.05) is 54.6 Å². The van der Waals surface area contributed by atoms with Gasteiger partial charge in [-0.2, -0.15) is 5.26 Å². The van der Waals surface area contributed by atoms with Gasteiger partial charge in [0, 0.05) is 11.1 Å². The van der Waals surface area contributed by atoms with Crippen molar-refractivity contribution in [1.82, 2.24) is 0 Å². The van der Waals surface area contributed by atoms with Gasteiger partial charge < -0.3 is 9.84 Å². The average Bonchev–Trinajstić information content (AvgIpc) is 2.77. The largest absolute Gasteiger partial charge is 0.479 e. The molecule has 3 aromatic rings. The van der Waals surface area contributed by atoms with Gasteiger partial charge in [-0.3, -0.25) is 10.1 Å². The van der Waals surface area contributed by atoms with Crippen molar-refractivity contribution in [3.05, 3.63) is 93.0 Å². The minimum absolute atomic E-state index is 0.0895. The van der Waals surface area contributed by atoms with E-state index in [-0.39, 0.29) is 17.7 Å². The average molecular weight is 437 g/mol. The summed E-state index contributed by atoms with van der Waals surface area (Å²) in [5, 5.41) is 30.3. The summed E-state index contributed by atoms with van der Waals surface area (Å²) >= 11 is 5.91. The van der Waals surface area contributed by atoms with Crippen LogP contribution in [-0.2, 0) is 11.2 Å². The highest BCUT2D eigenvalue weighted by Gasteiger charge is 2.24. The molecule has 0 aliphatic carbocycles. The number of carbonyl (C=O) groups is 1. The lowest BCUT2D eigenvalue weighted by Crippen LogP contribution is -2.28. The number of carboxylic acids is 1. The molecule has 3 aromatic carbocycles. The Morgan fingerprint density at radius 1 is 1.10 bits per heavy atom. The van der Waals surface area contributed by atoms with Crippen molar-refractivity contribution in [2.24, 2.45) is 0 Å². The van der Waals surface area contributed by atoms with Gasteiger partial charge in [0.25, 0.3) is 0 Å². The van der Waals surface area contributed by atoms with Crippen LogP contribution in [0.25, 0.3) is 11.1 Å². The number of nitrogens with zero attached hydrogens (tertiary/aromatic N) is 2. The molecule has 0 fully saturated rings. The Balaban J connectivity index is 1.70. The van der Waals surface area contributed by atoms with Crippen molar-refractivity contribution < 1.29 is 19.6 Å². The van der Waals surface area contributed by atoms with Gasteiger partial charge in [0.05, 0.1) is 16.6 Å². The molecule has 0 bridgehead atoms. The first-order valence-corrected chi connectivity index (χ1v) is 9.68. The summed E-state index contributed by atoms with van der Waals surface area (Å²) in [7, 11) is 0. The highest BCUT2D eigenvalue weighted by atomic mass is 35.5. The molecule has 3 rings (SSSR count). The summed E-state index contributed by atoms with van der Waals surface area (Å²) in [6, 6.07) is 20.5. The topological polar surface area (TPSA) is 113 Å². The second-order valence-corrected chi connectivity index (χ2v) is 7.18. The van der Waals surface area contributed by atoms with Crippen molar-refractivity contribution >= 4 is 23.3 Å². The highest BCUT2D eigenvalue weighted by Crippen LogP contribution is 2.29. The number of nitriles is 1. The van der Waals surface area contributed by atoms with Gasteiger partial charge in [-0.1, -0.05) is 48.0 Å². The number of halogens is 1. The fraction of sp³-hybridized carbons (Fsp3) is 0.130. The van der Waals surface area contributed by atoms with Crippen LogP contribution in [-0.4, -0.2) is 22.1 Å². The van der Waals surface area contributed by atoms with Crippen LogP contribution >= 0.6 is 11.6 Å². The summed E-state index contributed by atoms with van der Waals surface area (Å²) < 4.78 is 5.43. The van der Waals surface area contributed by atoms with Gasteiger partial charge >= 0.3 is 11.7 Å². The SMILES string of the molecule is N#Cc1ccc(OC(CCc2ccc(-c3ccc(Cl)cc3)cc2)C(=O)O)c([N+](=O)[O-])c1. The molecule has 0 saturated heterocycles. The van der Waals surface area contributed by atoms with Crippen LogP contribution in [0, 0.1) is 21.4 Å². The molecule has 0 amide bonds. The Morgan fingerprint density at radius 3 is 2.26 bits per heavy atom. The maximum atomic E-state index is 11.6. The lowest BCUT2D eigenvalue weighted by atomic mass is 10.0. The zero-order chi connectivity index (χ0) is 22.4. The number of hydrogen-bond donors (Lipinski definition) is 1. The van der Waals surface area contributed by atoms with E-state index in [0.717, 1.165) is 22.8 Å². The quantitative estimate of drug-likeness (QED) is 0.381. The molecule has 0 radical (unpaired) electrons. The van der Waals surface area contributed by atoms with Crippen molar-refractivity contribution in [3.8, 4) is 22.9 Å². The molecular formula is C23H17ClN2O5. The number of aliphatic carboxylic acids is 1. The highest BCUT2D eigenvalue weighted by molar-refractivity contribution is 6.30. The van der Waals surface area contributed by atoms with Gasteiger partial charge in [0.1, 0.15) is 0 Å². The molecule has 7 nitrogen and oxygen atoms in total. The van der Waals surface area contributed by atoms with Crippen LogP contribution in [0.3, 0.4) is 0 Å². The van der Waals surface area contributed by atoms with Gasteiger partial charge in [0.15, 0.2) is 11.9 Å². The first-order valence-electron chi connectivity index (χ1n) is 9.30. The third-order valence-corrected chi connectivity index (χ3v) is 4.91. The predicted molar refractivity (Wildman–Crippen MR) is 115 cm³/mol. The number of carboxylic acid groups (broad SMARTS) is 1. The number of nitro benzene ring substituents is 1. The third-order valence-electron chi connectivity index (χ3n) is 4.66. The van der Waals surface area contributed by atoms with E-state index in [9.17, 15) is 20.0 Å². The zero-order valence-electron chi connectivity index (χ0n) is 16.2. The van der Waals surface area contributed by atoms with E-state index in [2.05, 4.69) is 0 Å². The van der Waals surface area contributed by atoms with Crippen molar-refractivity contribution in [3.63, 3.8) is 0 Å². The van der Waals surface area contributed by atoms with Crippen molar-refractivity contribution in [1.29, 1.82) is 5.26 Å². The van der Waals surface area contributed by atoms with Crippen LogP contribution < -0.4 is 4.74 Å². The van der Waals surface area contributed by atoms with E-state index < -0.39 is 22.7 Å². The smallest absolute Gasteiger partial charge is 0.344 e. The lowest BCUT2D eigenvalue weighted by molar-refractivity contribution is -0.386. The van der Waals surface area contributed by atoms with Gasteiger partial charge in [-0.05, 0) is 53.8 Å². The summed E-state index contributed by atoms with van der Waals surface area (Å²) in [5.41, 5.74) is 2.56. The van der Waals surface area contributed by atoms with E-state index in [0.29, 0.717) is 11.4 Å². The van der Waals surface area contributed by atoms with E-state index in [1.165, 1.54) is 12.1 Å². The Morgan fingerprint density at radius 2 is 1.71 bits per heavy atom. The molecule has 31 heavy (non-hydrogen) atoms. The Kier molecular flexibility index (Phi) is 6.85. The van der Waals surface area contributed by atoms with Crippen LogP contribution in [0.4, 0.5) is 5.69 Å². The van der Waals surface area contributed by atoms with E-state index in [4.69, 9.17) is 21.6 Å². The third kappa shape index (κ3) is 5.59. The molecule has 1 unspecified atom stereocenters. The molecule has 0 aliphatic heterocycles. The standard InChI is InChI=1S/C23H17ClN2O5/c24-19-9-7-18(8-10-19)17-5-1-15(2-6-17)3-12-22(23(27)28)31-21-11-4-16(14-25)13-20(21)26(29)30/h1-2,4-11,13,22H,3,12H2,(H,27,28). The number of hydrogen-bond acceptors (Lipinski definition) is 5. The van der Waals surface area contributed by atoms with Crippen molar-refractivity contribution in [2.75, 3.05) is 0 Å². The molecule has 0 saturated carbocycles. The van der Waals surface area contributed by atoms with E-state index >= 15 is 0 Å². The maximum Gasteiger partial charge on any atom is 0.344 e. The maximum absolute atomic E-state index is 11.6. The molecule has 0 heterocycles. The molecule has 1 atom stereocenters. The first-order chi connectivity index (χ1) is 14.9. The summed E-state index contributed by atoms with van der Waals surface area (Å²) in [5.74, 6) is -1.41. The molecule has 8 heteroatoms. The molecule has 156 valence electrons. The molecule has 1 N–H and O–H groups in total. The second kappa shape index (κ2) is 9.74. The molecule has 0 aliphatic rings. The van der Waals surface area contributed by atoms with Crippen molar-refractivity contribution in [2.45, 2.75) is 18.9 Å². The summed E-state index contributed by atoms with van der Waals surface area (Å²) in [6.45, 7) is 0. The Hall–Kier alpha value is -3.89. The van der Waals surface area contributed by atoms with Crippen LogP contribution in [0.15, 0.2) is 66.7 Å². The fourth-order valence-electron chi connectivity index (χ4n) is 3.02.